The zero-order valence-corrected chi connectivity index (χ0v) is 9.77. The molecule has 2 bridgehead atoms. The lowest BCUT2D eigenvalue weighted by atomic mass is 9.76. The van der Waals surface area contributed by atoms with E-state index in [1.54, 1.807) is 0 Å². The minimum Gasteiger partial charge on any atom is -0.313 e. The summed E-state index contributed by atoms with van der Waals surface area (Å²) < 4.78 is 0. The van der Waals surface area contributed by atoms with Gasteiger partial charge in [0, 0.05) is 11.8 Å². The number of hydrogen-bond donors (Lipinski definition) is 4. The van der Waals surface area contributed by atoms with Crippen molar-refractivity contribution in [2.45, 2.75) is 37.0 Å². The molecule has 4 nitrogen and oxygen atoms in total. The van der Waals surface area contributed by atoms with Crippen LogP contribution in [-0.2, 0) is 0 Å². The summed E-state index contributed by atoms with van der Waals surface area (Å²) in [5, 5.41) is 0. The van der Waals surface area contributed by atoms with Gasteiger partial charge in [-0.25, -0.2) is 0 Å². The average Bonchev–Trinajstić information content (AvgIpc) is 2.35. The van der Waals surface area contributed by atoms with Crippen molar-refractivity contribution in [3.8, 4) is 0 Å². The van der Waals surface area contributed by atoms with E-state index < -0.39 is 11.3 Å². The van der Waals surface area contributed by atoms with E-state index in [0.717, 1.165) is 11.1 Å². The summed E-state index contributed by atoms with van der Waals surface area (Å²) in [6, 6.07) is 8.14. The fourth-order valence-electron chi connectivity index (χ4n) is 2.77. The van der Waals surface area contributed by atoms with Crippen LogP contribution in [0.25, 0.3) is 0 Å². The Morgan fingerprint density at radius 2 is 1.25 bits per heavy atom. The van der Waals surface area contributed by atoms with E-state index in [-0.39, 0.29) is 11.8 Å². The molecule has 0 radical (unpaired) electrons. The quantitative estimate of drug-likeness (QED) is 0.532. The number of benzene rings is 1. The molecule has 2 atom stereocenters. The van der Waals surface area contributed by atoms with Crippen molar-refractivity contribution >= 4 is 0 Å². The highest BCUT2D eigenvalue weighted by Gasteiger charge is 2.45. The molecule has 0 saturated heterocycles. The second-order valence-corrected chi connectivity index (χ2v) is 5.36. The summed E-state index contributed by atoms with van der Waals surface area (Å²) >= 11 is 0. The molecule has 0 heterocycles. The Bertz CT molecular complexity index is 365. The van der Waals surface area contributed by atoms with Crippen molar-refractivity contribution in [2.75, 3.05) is 0 Å². The highest BCUT2D eigenvalue weighted by atomic mass is 15.0. The molecule has 0 saturated carbocycles. The lowest BCUT2D eigenvalue weighted by Crippen LogP contribution is -2.60. The van der Waals surface area contributed by atoms with Crippen LogP contribution in [0.4, 0.5) is 0 Å². The van der Waals surface area contributed by atoms with Gasteiger partial charge in [-0.3, -0.25) is 0 Å². The van der Waals surface area contributed by atoms with Gasteiger partial charge in [0.25, 0.3) is 0 Å². The summed E-state index contributed by atoms with van der Waals surface area (Å²) in [6.07, 6.45) is 0. The molecule has 0 spiro atoms. The molecule has 2 rings (SSSR count). The Balaban J connectivity index is 2.51. The highest BCUT2D eigenvalue weighted by molar-refractivity contribution is 5.43. The SMILES string of the molecule is CC(N)(N)C1c2cccc(c2)C1C(C)(N)N. The largest absolute Gasteiger partial charge is 0.313 e. The van der Waals surface area contributed by atoms with E-state index >= 15 is 0 Å². The van der Waals surface area contributed by atoms with Crippen molar-refractivity contribution in [1.82, 2.24) is 0 Å². The van der Waals surface area contributed by atoms with Crippen LogP contribution >= 0.6 is 0 Å². The summed E-state index contributed by atoms with van der Waals surface area (Å²) in [5.41, 5.74) is 24.8. The fraction of sp³-hybridized carbons (Fsp3) is 0.500. The molecule has 0 aliphatic heterocycles. The summed E-state index contributed by atoms with van der Waals surface area (Å²) in [4.78, 5) is 0. The molecule has 8 N–H and O–H groups in total. The van der Waals surface area contributed by atoms with Crippen molar-refractivity contribution in [2.24, 2.45) is 22.9 Å². The number of rotatable bonds is 2. The van der Waals surface area contributed by atoms with Crippen LogP contribution in [0.1, 0.15) is 36.8 Å². The van der Waals surface area contributed by atoms with Crippen LogP contribution in [0, 0.1) is 0 Å². The van der Waals surface area contributed by atoms with E-state index in [2.05, 4.69) is 6.07 Å². The minimum atomic E-state index is -0.819. The number of hydrogen-bond acceptors (Lipinski definition) is 4. The Kier molecular flexibility index (Phi) is 2.36. The Morgan fingerprint density at radius 1 is 0.875 bits per heavy atom. The molecule has 1 aromatic carbocycles. The number of fused-ring (bicyclic) bond motifs is 2. The predicted molar refractivity (Wildman–Crippen MR) is 65.5 cm³/mol. The maximum Gasteiger partial charge on any atom is 0.0685 e. The average molecular weight is 220 g/mol. The second kappa shape index (κ2) is 3.28. The molecule has 1 aliphatic rings. The smallest absolute Gasteiger partial charge is 0.0685 e. The van der Waals surface area contributed by atoms with Gasteiger partial charge in [0.2, 0.25) is 0 Å². The molecule has 1 aliphatic carbocycles. The molecule has 0 aromatic heterocycles. The molecule has 88 valence electrons. The van der Waals surface area contributed by atoms with Crippen LogP contribution in [0.3, 0.4) is 0 Å². The first-order chi connectivity index (χ1) is 7.21. The lowest BCUT2D eigenvalue weighted by Gasteiger charge is -2.39. The van der Waals surface area contributed by atoms with E-state index in [0.29, 0.717) is 0 Å². The molecule has 2 unspecified atom stereocenters. The second-order valence-electron chi connectivity index (χ2n) is 5.36. The maximum atomic E-state index is 6.05. The first-order valence-electron chi connectivity index (χ1n) is 5.46. The van der Waals surface area contributed by atoms with Crippen LogP contribution < -0.4 is 22.9 Å². The third-order valence-electron chi connectivity index (χ3n) is 3.30. The standard InChI is InChI=1S/C12H20N4/c1-11(13,14)9-7-4-3-5-8(6-7)10(9)12(2,15)16/h3-6,9-10H,13-16H2,1-2H3. The van der Waals surface area contributed by atoms with Crippen molar-refractivity contribution in [3.63, 3.8) is 0 Å². The zero-order valence-electron chi connectivity index (χ0n) is 9.77. The summed E-state index contributed by atoms with van der Waals surface area (Å²) in [5.74, 6) is -0.0602. The van der Waals surface area contributed by atoms with E-state index in [1.165, 1.54) is 0 Å². The maximum absolute atomic E-state index is 6.05. The Hall–Kier alpha value is -0.940. The van der Waals surface area contributed by atoms with Gasteiger partial charge in [-0.05, 0) is 25.0 Å². The zero-order chi connectivity index (χ0) is 12.1. The number of nitrogens with two attached hydrogens (primary N) is 4. The fourth-order valence-corrected chi connectivity index (χ4v) is 2.77. The molecule has 16 heavy (non-hydrogen) atoms. The van der Waals surface area contributed by atoms with Crippen molar-refractivity contribution in [3.05, 3.63) is 35.4 Å². The van der Waals surface area contributed by atoms with Crippen LogP contribution in [0.2, 0.25) is 0 Å². The van der Waals surface area contributed by atoms with Crippen LogP contribution in [0.15, 0.2) is 24.3 Å². The Labute approximate surface area is 96.0 Å². The lowest BCUT2D eigenvalue weighted by molar-refractivity contribution is 0.268. The van der Waals surface area contributed by atoms with E-state index in [9.17, 15) is 0 Å². The van der Waals surface area contributed by atoms with Gasteiger partial charge in [-0.1, -0.05) is 24.3 Å². The van der Waals surface area contributed by atoms with Gasteiger partial charge < -0.3 is 22.9 Å². The normalized spacial score (nSPS) is 24.9. The highest BCUT2D eigenvalue weighted by Crippen LogP contribution is 2.47. The van der Waals surface area contributed by atoms with Gasteiger partial charge >= 0.3 is 0 Å². The van der Waals surface area contributed by atoms with Gasteiger partial charge in [0.15, 0.2) is 0 Å². The van der Waals surface area contributed by atoms with Gasteiger partial charge in [-0.2, -0.15) is 0 Å². The minimum absolute atomic E-state index is 0.0301. The van der Waals surface area contributed by atoms with Crippen molar-refractivity contribution in [1.29, 1.82) is 0 Å². The molecular formula is C12H20N4. The van der Waals surface area contributed by atoms with Gasteiger partial charge in [0.1, 0.15) is 0 Å². The van der Waals surface area contributed by atoms with Crippen LogP contribution in [-0.4, -0.2) is 11.3 Å². The predicted octanol–water partition coefficient (Wildman–Crippen LogP) is 0.135. The monoisotopic (exact) mass is 220 g/mol. The van der Waals surface area contributed by atoms with E-state index in [1.807, 2.05) is 32.0 Å². The summed E-state index contributed by atoms with van der Waals surface area (Å²) in [7, 11) is 0. The van der Waals surface area contributed by atoms with Gasteiger partial charge in [0.05, 0.1) is 11.3 Å². The molecule has 0 fully saturated rings. The Morgan fingerprint density at radius 3 is 1.56 bits per heavy atom. The third kappa shape index (κ3) is 1.74. The van der Waals surface area contributed by atoms with Gasteiger partial charge in [-0.15, -0.1) is 0 Å². The van der Waals surface area contributed by atoms with Crippen molar-refractivity contribution < 1.29 is 0 Å². The molecule has 4 heteroatoms. The third-order valence-corrected chi connectivity index (χ3v) is 3.30. The van der Waals surface area contributed by atoms with Crippen LogP contribution in [0.5, 0.6) is 0 Å². The first-order valence-corrected chi connectivity index (χ1v) is 5.46. The van der Waals surface area contributed by atoms with E-state index in [4.69, 9.17) is 22.9 Å². The molecule has 1 aromatic rings. The molecular weight excluding hydrogens is 200 g/mol. The molecule has 0 amide bonds. The summed E-state index contributed by atoms with van der Waals surface area (Å²) in [6.45, 7) is 3.62. The first kappa shape index (κ1) is 11.5. The topological polar surface area (TPSA) is 104 Å².